The van der Waals surface area contributed by atoms with Crippen molar-refractivity contribution in [2.45, 2.75) is 50.6 Å². The van der Waals surface area contributed by atoms with Gasteiger partial charge >= 0.3 is 0 Å². The molecule has 5 heteroatoms. The molecule has 0 N–H and O–H groups in total. The second kappa shape index (κ2) is 4.58. The van der Waals surface area contributed by atoms with Gasteiger partial charge in [-0.3, -0.25) is 4.79 Å². The molecule has 2 fully saturated rings. The van der Waals surface area contributed by atoms with Crippen LogP contribution in [0.4, 0.5) is 0 Å². The summed E-state index contributed by atoms with van der Waals surface area (Å²) in [6.45, 7) is 1.98. The molecule has 1 aliphatic carbocycles. The Morgan fingerprint density at radius 2 is 1.90 bits per heavy atom. The molecule has 20 heavy (non-hydrogen) atoms. The summed E-state index contributed by atoms with van der Waals surface area (Å²) in [6, 6.07) is 0.726. The highest BCUT2D eigenvalue weighted by atomic mass is 16.5. The van der Waals surface area contributed by atoms with Crippen molar-refractivity contribution in [3.05, 3.63) is 17.0 Å². The van der Waals surface area contributed by atoms with Gasteiger partial charge in [0.05, 0.1) is 0 Å². The van der Waals surface area contributed by atoms with Crippen LogP contribution in [0.25, 0.3) is 0 Å². The summed E-state index contributed by atoms with van der Waals surface area (Å²) in [6.07, 6.45) is 6.43. The molecule has 5 nitrogen and oxygen atoms in total. The van der Waals surface area contributed by atoms with Gasteiger partial charge in [-0.15, -0.1) is 0 Å². The van der Waals surface area contributed by atoms with Gasteiger partial charge in [-0.1, -0.05) is 5.16 Å². The van der Waals surface area contributed by atoms with Gasteiger partial charge in [-0.25, -0.2) is 0 Å². The van der Waals surface area contributed by atoms with Gasteiger partial charge in [-0.05, 0) is 39.2 Å². The highest BCUT2D eigenvalue weighted by Crippen LogP contribution is 2.33. The maximum atomic E-state index is 12.9. The van der Waals surface area contributed by atoms with Crippen LogP contribution in [0.15, 0.2) is 4.52 Å². The summed E-state index contributed by atoms with van der Waals surface area (Å²) in [5.74, 6) is 1.05. The molecule has 3 aliphatic rings. The number of hydrogen-bond donors (Lipinski definition) is 0. The number of nitrogens with zero attached hydrogens (tertiary/aromatic N) is 3. The number of aryl methyl sites for hydroxylation is 1. The molecule has 2 saturated heterocycles. The van der Waals surface area contributed by atoms with Crippen LogP contribution in [0, 0.1) is 0 Å². The molecule has 2 atom stereocenters. The van der Waals surface area contributed by atoms with Crippen molar-refractivity contribution >= 4 is 5.91 Å². The Morgan fingerprint density at radius 3 is 2.65 bits per heavy atom. The SMILES string of the molecule is CN1CC2CCC(C1)N2C(=O)c1noc2c1CCCC2. The molecule has 0 spiro atoms. The van der Waals surface area contributed by atoms with Crippen LogP contribution in [-0.2, 0) is 12.8 Å². The van der Waals surface area contributed by atoms with Gasteiger partial charge in [0.1, 0.15) is 5.76 Å². The Hall–Kier alpha value is -1.36. The summed E-state index contributed by atoms with van der Waals surface area (Å²) in [4.78, 5) is 17.3. The molecule has 2 aliphatic heterocycles. The maximum absolute atomic E-state index is 12.9. The van der Waals surface area contributed by atoms with Gasteiger partial charge < -0.3 is 14.3 Å². The molecular formula is C15H21N3O2. The number of likely N-dealkylation sites (tertiary alicyclic amines) is 1. The third-order valence-electron chi connectivity index (χ3n) is 5.05. The number of piperazine rings is 1. The normalized spacial score (nSPS) is 29.6. The van der Waals surface area contributed by atoms with Crippen molar-refractivity contribution in [2.75, 3.05) is 20.1 Å². The fraction of sp³-hybridized carbons (Fsp3) is 0.733. The van der Waals surface area contributed by atoms with Crippen molar-refractivity contribution < 1.29 is 9.32 Å². The van der Waals surface area contributed by atoms with E-state index in [9.17, 15) is 4.79 Å². The Balaban J connectivity index is 1.63. The van der Waals surface area contributed by atoms with Gasteiger partial charge in [-0.2, -0.15) is 0 Å². The summed E-state index contributed by atoms with van der Waals surface area (Å²) >= 11 is 0. The number of carbonyl (C=O) groups is 1. The van der Waals surface area contributed by atoms with Crippen LogP contribution in [0.3, 0.4) is 0 Å². The lowest BCUT2D eigenvalue weighted by atomic mass is 9.96. The van der Waals surface area contributed by atoms with E-state index in [-0.39, 0.29) is 5.91 Å². The van der Waals surface area contributed by atoms with Crippen molar-refractivity contribution in [3.63, 3.8) is 0 Å². The van der Waals surface area contributed by atoms with Crippen LogP contribution in [0.1, 0.15) is 47.5 Å². The largest absolute Gasteiger partial charge is 0.360 e. The molecule has 3 heterocycles. The number of rotatable bonds is 1. The predicted octanol–water partition coefficient (Wildman–Crippen LogP) is 1.47. The Labute approximate surface area is 118 Å². The molecule has 0 radical (unpaired) electrons. The van der Waals surface area contributed by atoms with Crippen LogP contribution < -0.4 is 0 Å². The second-order valence-corrected chi connectivity index (χ2v) is 6.46. The number of fused-ring (bicyclic) bond motifs is 3. The number of aromatic nitrogens is 1. The van der Waals surface area contributed by atoms with E-state index in [1.807, 2.05) is 0 Å². The quantitative estimate of drug-likeness (QED) is 0.779. The fourth-order valence-corrected chi connectivity index (χ4v) is 4.12. The third kappa shape index (κ3) is 1.79. The molecule has 0 saturated carbocycles. The molecular weight excluding hydrogens is 254 g/mol. The minimum atomic E-state index is 0.109. The molecule has 1 aromatic rings. The van der Waals surface area contributed by atoms with Crippen LogP contribution in [0.5, 0.6) is 0 Å². The van der Waals surface area contributed by atoms with E-state index in [0.717, 1.165) is 62.9 Å². The fourth-order valence-electron chi connectivity index (χ4n) is 4.12. The van der Waals surface area contributed by atoms with Crippen molar-refractivity contribution in [1.29, 1.82) is 0 Å². The van der Waals surface area contributed by atoms with Crippen molar-refractivity contribution in [1.82, 2.24) is 15.0 Å². The van der Waals surface area contributed by atoms with Crippen LogP contribution >= 0.6 is 0 Å². The molecule has 0 aromatic carbocycles. The first-order valence-corrected chi connectivity index (χ1v) is 7.72. The highest BCUT2D eigenvalue weighted by Gasteiger charge is 2.43. The zero-order chi connectivity index (χ0) is 13.7. The van der Waals surface area contributed by atoms with Crippen molar-refractivity contribution in [2.24, 2.45) is 0 Å². The molecule has 1 amide bonds. The molecule has 2 bridgehead atoms. The van der Waals surface area contributed by atoms with E-state index in [4.69, 9.17) is 4.52 Å². The van der Waals surface area contributed by atoms with Crippen molar-refractivity contribution in [3.8, 4) is 0 Å². The number of carbonyl (C=O) groups excluding carboxylic acids is 1. The van der Waals surface area contributed by atoms with Crippen LogP contribution in [0.2, 0.25) is 0 Å². The number of likely N-dealkylation sites (N-methyl/N-ethyl adjacent to an activating group) is 1. The van der Waals surface area contributed by atoms with Gasteiger partial charge in [0, 0.05) is 37.2 Å². The molecule has 2 unspecified atom stereocenters. The maximum Gasteiger partial charge on any atom is 0.276 e. The summed E-state index contributed by atoms with van der Waals surface area (Å²) in [5, 5.41) is 4.11. The summed E-state index contributed by atoms with van der Waals surface area (Å²) in [5.41, 5.74) is 1.68. The van der Waals surface area contributed by atoms with Crippen LogP contribution in [-0.4, -0.2) is 53.1 Å². The summed E-state index contributed by atoms with van der Waals surface area (Å²) < 4.78 is 5.40. The lowest BCUT2D eigenvalue weighted by Crippen LogP contribution is -2.54. The highest BCUT2D eigenvalue weighted by molar-refractivity contribution is 5.94. The lowest BCUT2D eigenvalue weighted by molar-refractivity contribution is 0.0462. The van der Waals surface area contributed by atoms with E-state index in [2.05, 4.69) is 22.0 Å². The van der Waals surface area contributed by atoms with E-state index < -0.39 is 0 Å². The standard InChI is InChI=1S/C15H21N3O2/c1-17-8-10-6-7-11(9-17)18(10)15(19)14-12-4-2-3-5-13(12)20-16-14/h10-11H,2-9H2,1H3. The van der Waals surface area contributed by atoms with Gasteiger partial charge in [0.25, 0.3) is 5.91 Å². The number of hydrogen-bond acceptors (Lipinski definition) is 4. The summed E-state index contributed by atoms with van der Waals surface area (Å²) in [7, 11) is 2.14. The number of amides is 1. The lowest BCUT2D eigenvalue weighted by Gasteiger charge is -2.39. The minimum Gasteiger partial charge on any atom is -0.360 e. The molecule has 4 rings (SSSR count). The Kier molecular flexibility index (Phi) is 2.84. The topological polar surface area (TPSA) is 49.6 Å². The molecule has 1 aromatic heterocycles. The first-order chi connectivity index (χ1) is 9.74. The molecule has 108 valence electrons. The van der Waals surface area contributed by atoms with E-state index in [1.165, 1.54) is 0 Å². The predicted molar refractivity (Wildman–Crippen MR) is 73.6 cm³/mol. The minimum absolute atomic E-state index is 0.109. The smallest absolute Gasteiger partial charge is 0.276 e. The Morgan fingerprint density at radius 1 is 1.20 bits per heavy atom. The monoisotopic (exact) mass is 275 g/mol. The van der Waals surface area contributed by atoms with Gasteiger partial charge in [0.2, 0.25) is 0 Å². The zero-order valence-electron chi connectivity index (χ0n) is 12.0. The average Bonchev–Trinajstić information content (AvgIpc) is 2.98. The first kappa shape index (κ1) is 12.4. The van der Waals surface area contributed by atoms with E-state index >= 15 is 0 Å². The van der Waals surface area contributed by atoms with E-state index in [1.54, 1.807) is 0 Å². The second-order valence-electron chi connectivity index (χ2n) is 6.46. The third-order valence-corrected chi connectivity index (χ3v) is 5.05. The van der Waals surface area contributed by atoms with Gasteiger partial charge in [0.15, 0.2) is 5.69 Å². The van der Waals surface area contributed by atoms with E-state index in [0.29, 0.717) is 17.8 Å². The average molecular weight is 275 g/mol. The Bertz CT molecular complexity index is 525. The first-order valence-electron chi connectivity index (χ1n) is 7.72. The zero-order valence-corrected chi connectivity index (χ0v) is 12.0.